The fourth-order valence-electron chi connectivity index (χ4n) is 4.94. The first-order valence-corrected chi connectivity index (χ1v) is 8.49. The van der Waals surface area contributed by atoms with Crippen molar-refractivity contribution in [3.8, 4) is 0 Å². The third-order valence-corrected chi connectivity index (χ3v) is 6.07. The smallest absolute Gasteiger partial charge is 0.0685 e. The molecule has 3 unspecified atom stereocenters. The molecule has 3 nitrogen and oxygen atoms in total. The van der Waals surface area contributed by atoms with E-state index in [4.69, 9.17) is 10.6 Å². The van der Waals surface area contributed by atoms with E-state index in [1.807, 2.05) is 0 Å². The second-order valence-corrected chi connectivity index (χ2v) is 7.19. The Morgan fingerprint density at radius 3 is 2.81 bits per heavy atom. The van der Waals surface area contributed by atoms with Crippen molar-refractivity contribution >= 4 is 0 Å². The second-order valence-electron chi connectivity index (χ2n) is 7.19. The van der Waals surface area contributed by atoms with Gasteiger partial charge in [0.1, 0.15) is 0 Å². The second kappa shape index (κ2) is 5.38. The first-order valence-electron chi connectivity index (χ1n) is 8.49. The van der Waals surface area contributed by atoms with Gasteiger partial charge in [-0.25, -0.2) is 0 Å². The number of ether oxygens (including phenoxy) is 1. The zero-order valence-electron chi connectivity index (χ0n) is 12.7. The first-order chi connectivity index (χ1) is 10.3. The summed E-state index contributed by atoms with van der Waals surface area (Å²) in [5.74, 6) is 7.21. The van der Waals surface area contributed by atoms with Gasteiger partial charge in [-0.05, 0) is 49.1 Å². The predicted octanol–water partition coefficient (Wildman–Crippen LogP) is 2.90. The van der Waals surface area contributed by atoms with Gasteiger partial charge in [0.25, 0.3) is 0 Å². The molecule has 1 aliphatic heterocycles. The maximum absolute atomic E-state index is 6.18. The molecular weight excluding hydrogens is 260 g/mol. The topological polar surface area (TPSA) is 47.3 Å². The molecule has 0 radical (unpaired) electrons. The lowest BCUT2D eigenvalue weighted by Crippen LogP contribution is -2.52. The third kappa shape index (κ3) is 2.32. The van der Waals surface area contributed by atoms with Crippen molar-refractivity contribution in [2.75, 3.05) is 6.61 Å². The molecule has 3 N–H and O–H groups in total. The zero-order chi connectivity index (χ0) is 14.3. The molecule has 1 aromatic carbocycles. The van der Waals surface area contributed by atoms with E-state index in [1.165, 1.54) is 49.7 Å². The lowest BCUT2D eigenvalue weighted by molar-refractivity contribution is -0.0996. The van der Waals surface area contributed by atoms with Crippen LogP contribution in [0.2, 0.25) is 0 Å². The molecule has 1 aromatic rings. The standard InChI is InChI=1S/C18H26N2O/c19-20-17(16-11-13-5-1-2-6-15(13)16)14-7-10-21-18(12-14)8-3-4-9-18/h1-2,5-6,14,16-17,20H,3-4,7-12,19H2. The van der Waals surface area contributed by atoms with Gasteiger partial charge in [-0.1, -0.05) is 37.1 Å². The van der Waals surface area contributed by atoms with E-state index in [-0.39, 0.29) is 5.60 Å². The maximum atomic E-state index is 6.18. The summed E-state index contributed by atoms with van der Waals surface area (Å²) < 4.78 is 6.18. The van der Waals surface area contributed by atoms with Crippen LogP contribution in [0, 0.1) is 5.92 Å². The molecule has 3 heteroatoms. The van der Waals surface area contributed by atoms with Crippen molar-refractivity contribution in [1.29, 1.82) is 0 Å². The highest BCUT2D eigenvalue weighted by Crippen LogP contribution is 2.47. The van der Waals surface area contributed by atoms with Crippen LogP contribution in [0.25, 0.3) is 0 Å². The molecule has 1 saturated carbocycles. The maximum Gasteiger partial charge on any atom is 0.0685 e. The predicted molar refractivity (Wildman–Crippen MR) is 83.9 cm³/mol. The van der Waals surface area contributed by atoms with Gasteiger partial charge >= 0.3 is 0 Å². The molecule has 0 amide bonds. The summed E-state index contributed by atoms with van der Waals surface area (Å²) in [6, 6.07) is 9.23. The Balaban J connectivity index is 1.51. The minimum atomic E-state index is 0.182. The lowest BCUT2D eigenvalue weighted by atomic mass is 9.67. The summed E-state index contributed by atoms with van der Waals surface area (Å²) in [6.45, 7) is 0.914. The van der Waals surface area contributed by atoms with Gasteiger partial charge < -0.3 is 4.74 Å². The van der Waals surface area contributed by atoms with E-state index in [0.717, 1.165) is 13.0 Å². The molecule has 1 spiro atoms. The van der Waals surface area contributed by atoms with Gasteiger partial charge in [0.15, 0.2) is 0 Å². The first kappa shape index (κ1) is 13.7. The van der Waals surface area contributed by atoms with E-state index in [0.29, 0.717) is 17.9 Å². The van der Waals surface area contributed by atoms with E-state index < -0.39 is 0 Å². The van der Waals surface area contributed by atoms with Gasteiger partial charge in [0.05, 0.1) is 5.60 Å². The molecule has 21 heavy (non-hydrogen) atoms. The van der Waals surface area contributed by atoms with Crippen molar-refractivity contribution in [3.05, 3.63) is 35.4 Å². The van der Waals surface area contributed by atoms with Crippen LogP contribution < -0.4 is 11.3 Å². The van der Waals surface area contributed by atoms with Crippen molar-refractivity contribution in [1.82, 2.24) is 5.43 Å². The number of benzene rings is 1. The Kier molecular flexibility index (Phi) is 3.52. The molecule has 4 rings (SSSR count). The quantitative estimate of drug-likeness (QED) is 0.663. The molecule has 0 bridgehead atoms. The van der Waals surface area contributed by atoms with Crippen LogP contribution in [0.4, 0.5) is 0 Å². The molecule has 3 atom stereocenters. The van der Waals surface area contributed by atoms with Crippen molar-refractivity contribution < 1.29 is 4.74 Å². The molecule has 3 aliphatic rings. The van der Waals surface area contributed by atoms with Crippen molar-refractivity contribution in [3.63, 3.8) is 0 Å². The number of rotatable bonds is 3. The number of hydrazine groups is 1. The number of nitrogens with two attached hydrogens (primary N) is 1. The highest BCUT2D eigenvalue weighted by molar-refractivity contribution is 5.41. The number of hydrogen-bond donors (Lipinski definition) is 2. The van der Waals surface area contributed by atoms with Crippen LogP contribution in [-0.4, -0.2) is 18.2 Å². The van der Waals surface area contributed by atoms with E-state index in [2.05, 4.69) is 29.7 Å². The van der Waals surface area contributed by atoms with Crippen LogP contribution in [0.5, 0.6) is 0 Å². The Hall–Kier alpha value is -0.900. The highest BCUT2D eigenvalue weighted by atomic mass is 16.5. The monoisotopic (exact) mass is 286 g/mol. The van der Waals surface area contributed by atoms with Gasteiger partial charge in [-0.2, -0.15) is 0 Å². The molecular formula is C18H26N2O. The molecule has 2 aliphatic carbocycles. The largest absolute Gasteiger partial charge is 0.375 e. The lowest BCUT2D eigenvalue weighted by Gasteiger charge is -2.46. The summed E-state index contributed by atoms with van der Waals surface area (Å²) in [4.78, 5) is 0. The molecule has 1 saturated heterocycles. The number of hydrogen-bond acceptors (Lipinski definition) is 3. The van der Waals surface area contributed by atoms with E-state index in [1.54, 1.807) is 0 Å². The fraction of sp³-hybridized carbons (Fsp3) is 0.667. The van der Waals surface area contributed by atoms with Crippen LogP contribution in [-0.2, 0) is 11.2 Å². The summed E-state index contributed by atoms with van der Waals surface area (Å²) in [7, 11) is 0. The highest BCUT2D eigenvalue weighted by Gasteiger charge is 2.45. The normalized spacial score (nSPS) is 31.7. The average molecular weight is 286 g/mol. The van der Waals surface area contributed by atoms with Crippen molar-refractivity contribution in [2.45, 2.75) is 62.5 Å². The molecule has 114 valence electrons. The molecule has 0 aromatic heterocycles. The minimum Gasteiger partial charge on any atom is -0.375 e. The third-order valence-electron chi connectivity index (χ3n) is 6.07. The van der Waals surface area contributed by atoms with Crippen LogP contribution in [0.15, 0.2) is 24.3 Å². The summed E-state index contributed by atoms with van der Waals surface area (Å²) in [5, 5.41) is 0. The SMILES string of the molecule is NNC(C1CCOC2(CCCC2)C1)C1Cc2ccccc21. The number of nitrogens with one attached hydrogen (secondary N) is 1. The molecule has 2 fully saturated rings. The zero-order valence-corrected chi connectivity index (χ0v) is 12.7. The van der Waals surface area contributed by atoms with E-state index >= 15 is 0 Å². The average Bonchev–Trinajstić information content (AvgIpc) is 2.92. The van der Waals surface area contributed by atoms with Gasteiger partial charge in [0, 0.05) is 18.6 Å². The van der Waals surface area contributed by atoms with Crippen LogP contribution in [0.1, 0.15) is 55.6 Å². The van der Waals surface area contributed by atoms with Crippen LogP contribution >= 0.6 is 0 Å². The Morgan fingerprint density at radius 2 is 2.05 bits per heavy atom. The summed E-state index contributed by atoms with van der Waals surface area (Å²) >= 11 is 0. The Labute approximate surface area is 127 Å². The Bertz CT molecular complexity index is 510. The summed E-state index contributed by atoms with van der Waals surface area (Å²) in [6.07, 6.45) is 8.69. The molecule has 1 heterocycles. The van der Waals surface area contributed by atoms with Crippen LogP contribution in [0.3, 0.4) is 0 Å². The van der Waals surface area contributed by atoms with Gasteiger partial charge in [-0.3, -0.25) is 11.3 Å². The fourth-order valence-corrected chi connectivity index (χ4v) is 4.94. The van der Waals surface area contributed by atoms with Gasteiger partial charge in [-0.15, -0.1) is 0 Å². The number of fused-ring (bicyclic) bond motifs is 1. The van der Waals surface area contributed by atoms with Gasteiger partial charge in [0.2, 0.25) is 0 Å². The minimum absolute atomic E-state index is 0.182. The summed E-state index contributed by atoms with van der Waals surface area (Å²) in [5.41, 5.74) is 6.36. The van der Waals surface area contributed by atoms with Crippen molar-refractivity contribution in [2.24, 2.45) is 11.8 Å². The van der Waals surface area contributed by atoms with E-state index in [9.17, 15) is 0 Å². The Morgan fingerprint density at radius 1 is 1.24 bits per heavy atom.